The lowest BCUT2D eigenvalue weighted by atomic mass is 10.0. The first-order valence-corrected chi connectivity index (χ1v) is 6.89. The van der Waals surface area contributed by atoms with E-state index in [2.05, 4.69) is 20.8 Å². The third kappa shape index (κ3) is 2.37. The summed E-state index contributed by atoms with van der Waals surface area (Å²) in [7, 11) is 4.50. The van der Waals surface area contributed by atoms with E-state index in [0.717, 1.165) is 0 Å². The summed E-state index contributed by atoms with van der Waals surface area (Å²) in [5.41, 5.74) is 0.600. The van der Waals surface area contributed by atoms with Crippen molar-refractivity contribution in [2.45, 2.75) is 6.04 Å². The van der Waals surface area contributed by atoms with Crippen molar-refractivity contribution in [3.63, 3.8) is 0 Å². The second-order valence-corrected chi connectivity index (χ2v) is 4.83. The quantitative estimate of drug-likeness (QED) is 0.813. The molecule has 0 fully saturated rings. The number of nitrogens with one attached hydrogen (secondary N) is 1. The molecule has 0 saturated heterocycles. The minimum absolute atomic E-state index is 0.0286. The Balaban J connectivity index is 2.20. The van der Waals surface area contributed by atoms with Crippen LogP contribution >= 0.6 is 0 Å². The summed E-state index contributed by atoms with van der Waals surface area (Å²) in [6.07, 6.45) is 1.50. The maximum atomic E-state index is 11.4. The number of ether oxygens (including phenoxy) is 3. The van der Waals surface area contributed by atoms with Crippen molar-refractivity contribution in [1.82, 2.24) is 20.2 Å². The zero-order valence-corrected chi connectivity index (χ0v) is 13.2. The number of nitrogens with zero attached hydrogens (tertiary/aromatic N) is 4. The summed E-state index contributed by atoms with van der Waals surface area (Å²) in [5, 5.41) is 23.2. The van der Waals surface area contributed by atoms with E-state index in [4.69, 9.17) is 14.2 Å². The first kappa shape index (κ1) is 15.6. The van der Waals surface area contributed by atoms with Gasteiger partial charge >= 0.3 is 5.97 Å². The maximum absolute atomic E-state index is 11.4. The van der Waals surface area contributed by atoms with Crippen molar-refractivity contribution in [3.05, 3.63) is 29.5 Å². The molecule has 1 atom stereocenters. The third-order valence-corrected chi connectivity index (χ3v) is 3.61. The fraction of sp³-hybridized carbons (Fsp3) is 0.286. The minimum atomic E-state index is -1.12. The van der Waals surface area contributed by atoms with E-state index in [-0.39, 0.29) is 11.6 Å². The van der Waals surface area contributed by atoms with E-state index < -0.39 is 12.0 Å². The number of tetrazole rings is 1. The van der Waals surface area contributed by atoms with Gasteiger partial charge in [0.05, 0.1) is 21.3 Å². The summed E-state index contributed by atoms with van der Waals surface area (Å²) in [4.78, 5) is 11.4. The van der Waals surface area contributed by atoms with Gasteiger partial charge in [-0.1, -0.05) is 5.10 Å². The predicted molar refractivity (Wildman–Crippen MR) is 81.4 cm³/mol. The Hall–Kier alpha value is -3.30. The van der Waals surface area contributed by atoms with Crippen LogP contribution in [-0.4, -0.2) is 52.6 Å². The number of anilines is 1. The number of hydrogen-bond acceptors (Lipinski definition) is 8. The normalized spacial score (nSPS) is 15.8. The van der Waals surface area contributed by atoms with Crippen LogP contribution in [-0.2, 0) is 4.79 Å². The first-order chi connectivity index (χ1) is 11.6. The van der Waals surface area contributed by atoms with E-state index >= 15 is 0 Å². The molecule has 2 aromatic rings. The maximum Gasteiger partial charge on any atom is 0.352 e. The van der Waals surface area contributed by atoms with Gasteiger partial charge in [0.2, 0.25) is 11.7 Å². The fourth-order valence-electron chi connectivity index (χ4n) is 2.56. The number of carboxylic acids is 1. The largest absolute Gasteiger partial charge is 0.493 e. The molecule has 1 aliphatic heterocycles. The van der Waals surface area contributed by atoms with Gasteiger partial charge in [-0.3, -0.25) is 0 Å². The lowest BCUT2D eigenvalue weighted by molar-refractivity contribution is -0.132. The molecule has 1 aromatic heterocycles. The van der Waals surface area contributed by atoms with Crippen molar-refractivity contribution in [2.75, 3.05) is 26.6 Å². The van der Waals surface area contributed by atoms with Crippen LogP contribution in [0, 0.1) is 0 Å². The number of benzene rings is 1. The van der Waals surface area contributed by atoms with Gasteiger partial charge in [0.1, 0.15) is 11.7 Å². The highest BCUT2D eigenvalue weighted by Crippen LogP contribution is 2.44. The summed E-state index contributed by atoms with van der Waals surface area (Å²) in [6.45, 7) is 0. The Morgan fingerprint density at radius 1 is 1.21 bits per heavy atom. The van der Waals surface area contributed by atoms with E-state index in [0.29, 0.717) is 22.8 Å². The number of aromatic nitrogens is 4. The van der Waals surface area contributed by atoms with Gasteiger partial charge in [0.15, 0.2) is 11.5 Å². The molecule has 2 N–H and O–H groups in total. The number of fused-ring (bicyclic) bond motifs is 1. The van der Waals surface area contributed by atoms with Gasteiger partial charge < -0.3 is 24.6 Å². The van der Waals surface area contributed by atoms with Crippen molar-refractivity contribution in [1.29, 1.82) is 0 Å². The fourth-order valence-corrected chi connectivity index (χ4v) is 2.56. The smallest absolute Gasteiger partial charge is 0.352 e. The topological polar surface area (TPSA) is 121 Å². The van der Waals surface area contributed by atoms with Gasteiger partial charge in [-0.2, -0.15) is 4.68 Å². The van der Waals surface area contributed by atoms with E-state index in [1.807, 2.05) is 0 Å². The van der Waals surface area contributed by atoms with Crippen LogP contribution < -0.4 is 19.5 Å². The van der Waals surface area contributed by atoms with E-state index in [9.17, 15) is 9.90 Å². The van der Waals surface area contributed by atoms with E-state index in [1.165, 1.54) is 32.1 Å². The molecule has 10 nitrogen and oxygen atoms in total. The van der Waals surface area contributed by atoms with Gasteiger partial charge in [-0.05, 0) is 28.6 Å². The monoisotopic (exact) mass is 333 g/mol. The standard InChI is InChI=1S/C14H15N5O5/c1-22-10-5-4-7(11(23-2)12(10)24-3)9-6-8(13(20)21)15-14-16-17-18-19(9)14/h4-6,9H,1-3H3,(H,20,21)(H,15,16,18). The van der Waals surface area contributed by atoms with Gasteiger partial charge in [-0.15, -0.1) is 0 Å². The Morgan fingerprint density at radius 2 is 1.96 bits per heavy atom. The van der Waals surface area contributed by atoms with Gasteiger partial charge in [-0.25, -0.2) is 4.79 Å². The molecule has 0 bridgehead atoms. The summed E-state index contributed by atoms with van der Waals surface area (Å²) >= 11 is 0. The molecule has 0 amide bonds. The van der Waals surface area contributed by atoms with Gasteiger partial charge in [0.25, 0.3) is 0 Å². The summed E-state index contributed by atoms with van der Waals surface area (Å²) in [6, 6.07) is 2.87. The number of aliphatic carboxylic acids is 1. The highest BCUT2D eigenvalue weighted by Gasteiger charge is 2.30. The van der Waals surface area contributed by atoms with Crippen LogP contribution in [0.5, 0.6) is 17.2 Å². The number of carboxylic acid groups (broad SMARTS) is 1. The van der Waals surface area contributed by atoms with Crippen LogP contribution in [0.4, 0.5) is 5.95 Å². The zero-order chi connectivity index (χ0) is 17.3. The van der Waals surface area contributed by atoms with Crippen LogP contribution in [0.2, 0.25) is 0 Å². The SMILES string of the molecule is COc1ccc(C2C=C(C(=O)O)Nc3nnnn32)c(OC)c1OC. The van der Waals surface area contributed by atoms with Crippen molar-refractivity contribution >= 4 is 11.9 Å². The number of hydrogen-bond donors (Lipinski definition) is 2. The van der Waals surface area contributed by atoms with Gasteiger partial charge in [0, 0.05) is 5.56 Å². The Labute approximate surface area is 136 Å². The molecule has 2 heterocycles. The average Bonchev–Trinajstić information content (AvgIpc) is 3.07. The number of carbonyl (C=O) groups is 1. The lowest BCUT2D eigenvalue weighted by Crippen LogP contribution is -2.24. The highest BCUT2D eigenvalue weighted by atomic mass is 16.5. The highest BCUT2D eigenvalue weighted by molar-refractivity contribution is 5.90. The molecule has 24 heavy (non-hydrogen) atoms. The molecular formula is C14H15N5O5. The molecular weight excluding hydrogens is 318 g/mol. The average molecular weight is 333 g/mol. The molecule has 1 unspecified atom stereocenters. The van der Waals surface area contributed by atoms with Crippen molar-refractivity contribution in [2.24, 2.45) is 0 Å². The molecule has 0 saturated carbocycles. The molecule has 10 heteroatoms. The Morgan fingerprint density at radius 3 is 2.58 bits per heavy atom. The molecule has 0 spiro atoms. The van der Waals surface area contributed by atoms with Crippen LogP contribution in [0.25, 0.3) is 0 Å². The zero-order valence-electron chi connectivity index (χ0n) is 13.2. The van der Waals surface area contributed by atoms with Crippen LogP contribution in [0.1, 0.15) is 11.6 Å². The molecule has 126 valence electrons. The number of allylic oxidation sites excluding steroid dienone is 1. The minimum Gasteiger partial charge on any atom is -0.493 e. The summed E-state index contributed by atoms with van der Waals surface area (Å²) in [5.74, 6) is 0.402. The van der Waals surface area contributed by atoms with Crippen molar-refractivity contribution < 1.29 is 24.1 Å². The first-order valence-electron chi connectivity index (χ1n) is 6.89. The van der Waals surface area contributed by atoms with Crippen molar-refractivity contribution in [3.8, 4) is 17.2 Å². The van der Waals surface area contributed by atoms with E-state index in [1.54, 1.807) is 12.1 Å². The Bertz CT molecular complexity index is 816. The Kier molecular flexibility index (Phi) is 3.94. The second kappa shape index (κ2) is 6.07. The third-order valence-electron chi connectivity index (χ3n) is 3.61. The van der Waals surface area contributed by atoms with Crippen LogP contribution in [0.3, 0.4) is 0 Å². The molecule has 1 aromatic carbocycles. The number of rotatable bonds is 5. The summed E-state index contributed by atoms with van der Waals surface area (Å²) < 4.78 is 17.6. The lowest BCUT2D eigenvalue weighted by Gasteiger charge is -2.24. The second-order valence-electron chi connectivity index (χ2n) is 4.83. The van der Waals surface area contributed by atoms with Crippen LogP contribution in [0.15, 0.2) is 23.9 Å². The molecule has 3 rings (SSSR count). The molecule has 0 radical (unpaired) electrons. The molecule has 1 aliphatic rings. The predicted octanol–water partition coefficient (Wildman–Crippen LogP) is 0.682. The molecule has 0 aliphatic carbocycles. The number of methoxy groups -OCH3 is 3.